The first-order valence-corrected chi connectivity index (χ1v) is 9.35. The summed E-state index contributed by atoms with van der Waals surface area (Å²) in [5, 5.41) is 8.09. The van der Waals surface area contributed by atoms with E-state index < -0.39 is 0 Å². The van der Waals surface area contributed by atoms with Crippen LogP contribution in [0.15, 0.2) is 33.7 Å². The third-order valence-electron chi connectivity index (χ3n) is 4.81. The number of hydrogen-bond donors (Lipinski definition) is 0. The molecule has 6 nitrogen and oxygen atoms in total. The molecule has 3 aromatic rings. The molecule has 0 aromatic carbocycles. The second-order valence-corrected chi connectivity index (χ2v) is 7.31. The largest absolute Gasteiger partial charge is 0.360 e. The minimum absolute atomic E-state index is 0.0820. The number of fused-ring (bicyclic) bond motifs is 1. The van der Waals surface area contributed by atoms with Gasteiger partial charge in [0.1, 0.15) is 12.1 Å². The number of aromatic nitrogens is 3. The van der Waals surface area contributed by atoms with Gasteiger partial charge >= 0.3 is 0 Å². The van der Waals surface area contributed by atoms with E-state index in [1.807, 2.05) is 16.3 Å². The van der Waals surface area contributed by atoms with Crippen molar-refractivity contribution in [2.45, 2.75) is 31.7 Å². The molecule has 0 N–H and O–H groups in total. The van der Waals surface area contributed by atoms with Gasteiger partial charge in [-0.3, -0.25) is 4.79 Å². The van der Waals surface area contributed by atoms with Crippen LogP contribution in [0.2, 0.25) is 0 Å². The maximum atomic E-state index is 12.8. The van der Waals surface area contributed by atoms with Crippen LogP contribution in [0.4, 0.5) is 0 Å². The fraction of sp³-hybridized carbons (Fsp3) is 0.333. The van der Waals surface area contributed by atoms with E-state index in [9.17, 15) is 4.79 Å². The highest BCUT2D eigenvalue weighted by Crippen LogP contribution is 2.40. The Kier molecular flexibility index (Phi) is 3.41. The number of carbonyl (C=O) groups excluding carboxylic acids is 1. The van der Waals surface area contributed by atoms with Crippen molar-refractivity contribution in [3.8, 4) is 11.3 Å². The molecule has 1 amide bonds. The Morgan fingerprint density at radius 3 is 3.04 bits per heavy atom. The summed E-state index contributed by atoms with van der Waals surface area (Å²) in [6, 6.07) is 3.85. The summed E-state index contributed by atoms with van der Waals surface area (Å²) < 4.78 is 5.33. The third kappa shape index (κ3) is 2.64. The first-order valence-electron chi connectivity index (χ1n) is 8.41. The first kappa shape index (κ1) is 14.8. The Morgan fingerprint density at radius 2 is 2.24 bits per heavy atom. The van der Waals surface area contributed by atoms with Gasteiger partial charge < -0.3 is 9.42 Å². The quantitative estimate of drug-likeness (QED) is 0.723. The highest BCUT2D eigenvalue weighted by molar-refractivity contribution is 7.08. The normalized spacial score (nSPS) is 16.7. The van der Waals surface area contributed by atoms with Crippen LogP contribution in [0.25, 0.3) is 11.3 Å². The molecular weight excluding hydrogens is 336 g/mol. The zero-order valence-corrected chi connectivity index (χ0v) is 14.3. The lowest BCUT2D eigenvalue weighted by atomic mass is 10.0. The molecule has 0 atom stereocenters. The zero-order valence-electron chi connectivity index (χ0n) is 13.5. The van der Waals surface area contributed by atoms with E-state index in [-0.39, 0.29) is 5.91 Å². The smallest absolute Gasteiger partial charge is 0.276 e. The summed E-state index contributed by atoms with van der Waals surface area (Å²) in [7, 11) is 0. The standard InChI is InChI=1S/C18H16N4O2S/c23-18(15-7-16(24-21-15)11-1-2-11)22-5-3-14-13(8-22)17(20-10-19-14)12-4-6-25-9-12/h4,6-7,9-11H,1-3,5,8H2. The van der Waals surface area contributed by atoms with Crippen molar-refractivity contribution in [2.75, 3.05) is 6.54 Å². The van der Waals surface area contributed by atoms with E-state index in [2.05, 4.69) is 20.5 Å². The summed E-state index contributed by atoms with van der Waals surface area (Å²) in [6.45, 7) is 1.14. The number of thiophene rings is 1. The average Bonchev–Trinajstić information content (AvgIpc) is 3.15. The molecule has 1 fully saturated rings. The predicted octanol–water partition coefficient (Wildman–Crippen LogP) is 3.27. The van der Waals surface area contributed by atoms with Gasteiger partial charge in [-0.2, -0.15) is 11.3 Å². The summed E-state index contributed by atoms with van der Waals surface area (Å²) in [5.74, 6) is 1.21. The molecule has 0 spiro atoms. The topological polar surface area (TPSA) is 72.1 Å². The summed E-state index contributed by atoms with van der Waals surface area (Å²) >= 11 is 1.64. The molecule has 126 valence electrons. The van der Waals surface area contributed by atoms with Crippen LogP contribution < -0.4 is 0 Å². The van der Waals surface area contributed by atoms with Crippen LogP contribution in [0.1, 0.15) is 46.3 Å². The molecule has 7 heteroatoms. The fourth-order valence-electron chi connectivity index (χ4n) is 3.27. The van der Waals surface area contributed by atoms with E-state index in [1.54, 1.807) is 23.7 Å². The SMILES string of the molecule is O=C(c1cc(C2CC2)on1)N1CCc2ncnc(-c3ccsc3)c2C1. The fourth-order valence-corrected chi connectivity index (χ4v) is 3.92. The second kappa shape index (κ2) is 5.77. The number of amides is 1. The Hall–Kier alpha value is -2.54. The number of nitrogens with zero attached hydrogens (tertiary/aromatic N) is 4. The van der Waals surface area contributed by atoms with Crippen LogP contribution >= 0.6 is 11.3 Å². The van der Waals surface area contributed by atoms with Gasteiger partial charge in [0.2, 0.25) is 0 Å². The van der Waals surface area contributed by atoms with E-state index in [1.165, 1.54) is 0 Å². The van der Waals surface area contributed by atoms with Crippen molar-refractivity contribution in [1.82, 2.24) is 20.0 Å². The van der Waals surface area contributed by atoms with Crippen molar-refractivity contribution in [3.05, 3.63) is 51.9 Å². The lowest BCUT2D eigenvalue weighted by molar-refractivity contribution is 0.0723. The van der Waals surface area contributed by atoms with Crippen molar-refractivity contribution < 1.29 is 9.32 Å². The minimum Gasteiger partial charge on any atom is -0.360 e. The average molecular weight is 352 g/mol. The molecule has 3 aromatic heterocycles. The van der Waals surface area contributed by atoms with Gasteiger partial charge in [0.15, 0.2) is 5.69 Å². The number of hydrogen-bond acceptors (Lipinski definition) is 6. The molecule has 5 rings (SSSR count). The summed E-state index contributed by atoms with van der Waals surface area (Å²) in [6.07, 6.45) is 4.60. The molecule has 25 heavy (non-hydrogen) atoms. The highest BCUT2D eigenvalue weighted by atomic mass is 32.1. The molecule has 0 radical (unpaired) electrons. The molecule has 1 aliphatic carbocycles. The Bertz CT molecular complexity index is 930. The predicted molar refractivity (Wildman–Crippen MR) is 92.3 cm³/mol. The number of carbonyl (C=O) groups is 1. The zero-order chi connectivity index (χ0) is 16.8. The molecule has 1 aliphatic heterocycles. The van der Waals surface area contributed by atoms with E-state index >= 15 is 0 Å². The van der Waals surface area contributed by atoms with E-state index in [4.69, 9.17) is 4.52 Å². The van der Waals surface area contributed by atoms with Gasteiger partial charge in [0.05, 0.1) is 11.4 Å². The van der Waals surface area contributed by atoms with E-state index in [0.717, 1.165) is 47.5 Å². The highest BCUT2D eigenvalue weighted by Gasteiger charge is 2.31. The second-order valence-electron chi connectivity index (χ2n) is 6.53. The van der Waals surface area contributed by atoms with Gasteiger partial charge in [0, 0.05) is 48.0 Å². The van der Waals surface area contributed by atoms with Crippen molar-refractivity contribution in [1.29, 1.82) is 0 Å². The molecule has 4 heterocycles. The van der Waals surface area contributed by atoms with Crippen molar-refractivity contribution >= 4 is 17.2 Å². The first-order chi connectivity index (χ1) is 12.3. The third-order valence-corrected chi connectivity index (χ3v) is 5.49. The van der Waals surface area contributed by atoms with E-state index in [0.29, 0.717) is 24.7 Å². The summed E-state index contributed by atoms with van der Waals surface area (Å²) in [4.78, 5) is 23.5. The Balaban J connectivity index is 1.44. The molecule has 0 unspecified atom stereocenters. The molecule has 1 saturated carbocycles. The monoisotopic (exact) mass is 352 g/mol. The number of rotatable bonds is 3. The van der Waals surface area contributed by atoms with Crippen molar-refractivity contribution in [3.63, 3.8) is 0 Å². The van der Waals surface area contributed by atoms with Crippen LogP contribution in [0.5, 0.6) is 0 Å². The minimum atomic E-state index is -0.0820. The van der Waals surface area contributed by atoms with Gasteiger partial charge in [-0.05, 0) is 24.3 Å². The Morgan fingerprint density at radius 1 is 1.32 bits per heavy atom. The van der Waals surface area contributed by atoms with Gasteiger partial charge in [-0.15, -0.1) is 0 Å². The maximum Gasteiger partial charge on any atom is 0.276 e. The van der Waals surface area contributed by atoms with Crippen LogP contribution in [-0.4, -0.2) is 32.5 Å². The van der Waals surface area contributed by atoms with Crippen LogP contribution in [0, 0.1) is 0 Å². The Labute approximate surface area is 148 Å². The van der Waals surface area contributed by atoms with Gasteiger partial charge in [0.25, 0.3) is 5.91 Å². The molecule has 2 aliphatic rings. The van der Waals surface area contributed by atoms with Gasteiger partial charge in [-0.1, -0.05) is 5.16 Å². The van der Waals surface area contributed by atoms with Crippen LogP contribution in [0.3, 0.4) is 0 Å². The molecule has 0 saturated heterocycles. The summed E-state index contributed by atoms with van der Waals surface area (Å²) in [5.41, 5.74) is 4.46. The van der Waals surface area contributed by atoms with Crippen molar-refractivity contribution in [2.24, 2.45) is 0 Å². The van der Waals surface area contributed by atoms with Gasteiger partial charge in [-0.25, -0.2) is 9.97 Å². The molecular formula is C18H16N4O2S. The lowest BCUT2D eigenvalue weighted by Crippen LogP contribution is -2.37. The van der Waals surface area contributed by atoms with Crippen LogP contribution in [-0.2, 0) is 13.0 Å². The molecule has 0 bridgehead atoms. The maximum absolute atomic E-state index is 12.8. The lowest BCUT2D eigenvalue weighted by Gasteiger charge is -2.28.